The summed E-state index contributed by atoms with van der Waals surface area (Å²) in [4.78, 5) is 0. The van der Waals surface area contributed by atoms with Crippen molar-refractivity contribution in [1.82, 2.24) is 0 Å². The molecule has 2 aromatic rings. The first-order valence-corrected chi connectivity index (χ1v) is 7.71. The molecule has 3 rings (SSSR count). The Balaban J connectivity index is 1.80. The van der Waals surface area contributed by atoms with Crippen molar-refractivity contribution < 1.29 is 4.74 Å². The molecule has 3 heteroatoms. The number of hydrogen-bond acceptors (Lipinski definition) is 2. The Kier molecular flexibility index (Phi) is 3.70. The fraction of sp³-hybridized carbons (Fsp3) is 0.294. The Morgan fingerprint density at radius 2 is 2.05 bits per heavy atom. The normalized spacial score (nSPS) is 14.6. The van der Waals surface area contributed by atoms with Crippen LogP contribution in [-0.2, 0) is 6.42 Å². The van der Waals surface area contributed by atoms with Gasteiger partial charge in [0.15, 0.2) is 0 Å². The van der Waals surface area contributed by atoms with Crippen molar-refractivity contribution in [2.45, 2.75) is 26.3 Å². The molecule has 2 aromatic carbocycles. The molecule has 0 bridgehead atoms. The Bertz CT molecular complexity index is 639. The maximum Gasteiger partial charge on any atom is 0.122 e. The number of anilines is 1. The van der Waals surface area contributed by atoms with Gasteiger partial charge in [-0.1, -0.05) is 22.0 Å². The SMILES string of the molecule is Cc1cc(Br)ccc1NC(C)c1ccc2c(c1)CCO2. The molecule has 0 aliphatic carbocycles. The Labute approximate surface area is 128 Å². The van der Waals surface area contributed by atoms with Crippen LogP contribution in [0.25, 0.3) is 0 Å². The van der Waals surface area contributed by atoms with Crippen molar-refractivity contribution in [3.05, 3.63) is 57.6 Å². The number of hydrogen-bond donors (Lipinski definition) is 1. The monoisotopic (exact) mass is 331 g/mol. The molecule has 0 fully saturated rings. The van der Waals surface area contributed by atoms with Gasteiger partial charge in [0.25, 0.3) is 0 Å². The molecule has 1 N–H and O–H groups in total. The third-order valence-electron chi connectivity index (χ3n) is 3.77. The number of ether oxygens (including phenoxy) is 1. The molecule has 0 saturated heterocycles. The van der Waals surface area contributed by atoms with Gasteiger partial charge in [-0.05, 0) is 60.9 Å². The van der Waals surface area contributed by atoms with Gasteiger partial charge in [-0.3, -0.25) is 0 Å². The van der Waals surface area contributed by atoms with E-state index in [4.69, 9.17) is 4.74 Å². The fourth-order valence-corrected chi connectivity index (χ4v) is 3.06. The summed E-state index contributed by atoms with van der Waals surface area (Å²) in [6.45, 7) is 5.13. The van der Waals surface area contributed by atoms with Crippen molar-refractivity contribution >= 4 is 21.6 Å². The average molecular weight is 332 g/mol. The van der Waals surface area contributed by atoms with E-state index < -0.39 is 0 Å². The van der Waals surface area contributed by atoms with Gasteiger partial charge in [0, 0.05) is 22.6 Å². The summed E-state index contributed by atoms with van der Waals surface area (Å²) in [6, 6.07) is 13.1. The zero-order valence-electron chi connectivity index (χ0n) is 11.7. The maximum absolute atomic E-state index is 5.56. The Morgan fingerprint density at radius 3 is 2.85 bits per heavy atom. The topological polar surface area (TPSA) is 21.3 Å². The molecule has 104 valence electrons. The van der Waals surface area contributed by atoms with Crippen LogP contribution in [0.4, 0.5) is 5.69 Å². The number of rotatable bonds is 3. The third-order valence-corrected chi connectivity index (χ3v) is 4.27. The molecule has 20 heavy (non-hydrogen) atoms. The minimum absolute atomic E-state index is 0.278. The van der Waals surface area contributed by atoms with Crippen LogP contribution in [0.5, 0.6) is 5.75 Å². The summed E-state index contributed by atoms with van der Waals surface area (Å²) in [5.74, 6) is 1.04. The highest BCUT2D eigenvalue weighted by Gasteiger charge is 2.14. The molecule has 1 aliphatic heterocycles. The van der Waals surface area contributed by atoms with Gasteiger partial charge in [-0.25, -0.2) is 0 Å². The molecule has 0 amide bonds. The minimum atomic E-state index is 0.278. The number of halogens is 1. The first-order valence-electron chi connectivity index (χ1n) is 6.92. The zero-order chi connectivity index (χ0) is 14.1. The summed E-state index contributed by atoms with van der Waals surface area (Å²) in [6.07, 6.45) is 1.02. The molecule has 1 heterocycles. The number of nitrogens with one attached hydrogen (secondary N) is 1. The Morgan fingerprint density at radius 1 is 1.20 bits per heavy atom. The predicted molar refractivity (Wildman–Crippen MR) is 86.6 cm³/mol. The summed E-state index contributed by atoms with van der Waals surface area (Å²) >= 11 is 3.50. The van der Waals surface area contributed by atoms with Gasteiger partial charge in [-0.2, -0.15) is 0 Å². The van der Waals surface area contributed by atoms with E-state index in [1.807, 2.05) is 0 Å². The Hall–Kier alpha value is -1.48. The molecule has 0 spiro atoms. The minimum Gasteiger partial charge on any atom is -0.493 e. The van der Waals surface area contributed by atoms with Crippen molar-refractivity contribution in [3.63, 3.8) is 0 Å². The summed E-state index contributed by atoms with van der Waals surface area (Å²) in [5.41, 5.74) is 5.05. The van der Waals surface area contributed by atoms with Gasteiger partial charge in [0.2, 0.25) is 0 Å². The van der Waals surface area contributed by atoms with Crippen LogP contribution >= 0.6 is 15.9 Å². The van der Waals surface area contributed by atoms with E-state index in [1.54, 1.807) is 0 Å². The van der Waals surface area contributed by atoms with E-state index in [1.165, 1.54) is 22.4 Å². The standard InChI is InChI=1S/C17H18BrNO/c1-11-9-15(18)4-5-16(11)19-12(2)13-3-6-17-14(10-13)7-8-20-17/h3-6,9-10,12,19H,7-8H2,1-2H3. The lowest BCUT2D eigenvalue weighted by Gasteiger charge is -2.18. The first kappa shape index (κ1) is 13.5. The lowest BCUT2D eigenvalue weighted by Crippen LogP contribution is -2.07. The lowest BCUT2D eigenvalue weighted by molar-refractivity contribution is 0.357. The second kappa shape index (κ2) is 5.49. The number of fused-ring (bicyclic) bond motifs is 1. The largest absolute Gasteiger partial charge is 0.493 e. The lowest BCUT2D eigenvalue weighted by atomic mass is 10.0. The molecule has 2 nitrogen and oxygen atoms in total. The van der Waals surface area contributed by atoms with Crippen molar-refractivity contribution in [2.75, 3.05) is 11.9 Å². The average Bonchev–Trinajstić information content (AvgIpc) is 2.89. The summed E-state index contributed by atoms with van der Waals surface area (Å²) in [7, 11) is 0. The van der Waals surface area contributed by atoms with Gasteiger partial charge < -0.3 is 10.1 Å². The number of benzene rings is 2. The van der Waals surface area contributed by atoms with Crippen LogP contribution in [0.2, 0.25) is 0 Å². The maximum atomic E-state index is 5.56. The second-order valence-corrected chi connectivity index (χ2v) is 6.21. The molecule has 0 saturated carbocycles. The molecular weight excluding hydrogens is 314 g/mol. The smallest absolute Gasteiger partial charge is 0.122 e. The van der Waals surface area contributed by atoms with Gasteiger partial charge in [-0.15, -0.1) is 0 Å². The predicted octanol–water partition coefficient (Wildman–Crippen LogP) is 4.87. The zero-order valence-corrected chi connectivity index (χ0v) is 13.3. The first-order chi connectivity index (χ1) is 9.63. The second-order valence-electron chi connectivity index (χ2n) is 5.29. The van der Waals surface area contributed by atoms with E-state index >= 15 is 0 Å². The number of aryl methyl sites for hydroxylation is 1. The highest BCUT2D eigenvalue weighted by atomic mass is 79.9. The quantitative estimate of drug-likeness (QED) is 0.866. The van der Waals surface area contributed by atoms with Crippen molar-refractivity contribution in [3.8, 4) is 5.75 Å². The van der Waals surface area contributed by atoms with E-state index in [9.17, 15) is 0 Å². The van der Waals surface area contributed by atoms with E-state index in [0.29, 0.717) is 0 Å². The van der Waals surface area contributed by atoms with Crippen molar-refractivity contribution in [1.29, 1.82) is 0 Å². The molecule has 1 atom stereocenters. The van der Waals surface area contributed by atoms with Crippen molar-refractivity contribution in [2.24, 2.45) is 0 Å². The molecular formula is C17H18BrNO. The van der Waals surface area contributed by atoms with Gasteiger partial charge >= 0.3 is 0 Å². The van der Waals surface area contributed by atoms with Crippen LogP contribution < -0.4 is 10.1 Å². The van der Waals surface area contributed by atoms with E-state index in [-0.39, 0.29) is 6.04 Å². The summed E-state index contributed by atoms with van der Waals surface area (Å²) < 4.78 is 6.67. The molecule has 1 unspecified atom stereocenters. The van der Waals surface area contributed by atoms with Crippen LogP contribution in [0.15, 0.2) is 40.9 Å². The van der Waals surface area contributed by atoms with Crippen LogP contribution in [0, 0.1) is 6.92 Å². The molecule has 1 aliphatic rings. The van der Waals surface area contributed by atoms with Gasteiger partial charge in [0.05, 0.1) is 6.61 Å². The van der Waals surface area contributed by atoms with Crippen LogP contribution in [0.1, 0.15) is 29.7 Å². The van der Waals surface area contributed by atoms with Gasteiger partial charge in [0.1, 0.15) is 5.75 Å². The molecule has 0 aromatic heterocycles. The van der Waals surface area contributed by atoms with Crippen LogP contribution in [-0.4, -0.2) is 6.61 Å². The molecule has 0 radical (unpaired) electrons. The highest BCUT2D eigenvalue weighted by molar-refractivity contribution is 9.10. The van der Waals surface area contributed by atoms with E-state index in [2.05, 4.69) is 71.5 Å². The highest BCUT2D eigenvalue weighted by Crippen LogP contribution is 2.30. The summed E-state index contributed by atoms with van der Waals surface area (Å²) in [5, 5.41) is 3.58. The van der Waals surface area contributed by atoms with Crippen LogP contribution in [0.3, 0.4) is 0 Å². The third kappa shape index (κ3) is 2.68. The van der Waals surface area contributed by atoms with E-state index in [0.717, 1.165) is 23.2 Å². The fourth-order valence-electron chi connectivity index (χ4n) is 2.58.